The van der Waals surface area contributed by atoms with Crippen LogP contribution in [-0.2, 0) is 11.2 Å². The predicted octanol–water partition coefficient (Wildman–Crippen LogP) is 3.97. The number of aryl methyl sites for hydroxylation is 1. The number of carbonyl (C=O) groups excluding carboxylic acids is 2. The van der Waals surface area contributed by atoms with Crippen molar-refractivity contribution in [2.75, 3.05) is 26.7 Å². The second-order valence-corrected chi connectivity index (χ2v) is 8.84. The summed E-state index contributed by atoms with van der Waals surface area (Å²) in [6.07, 6.45) is 4.96. The molecule has 0 saturated carbocycles. The first kappa shape index (κ1) is 20.8. The number of benzene rings is 1. The van der Waals surface area contributed by atoms with Gasteiger partial charge in [-0.3, -0.25) is 19.1 Å². The largest absolute Gasteiger partial charge is 0.456 e. The van der Waals surface area contributed by atoms with Crippen molar-refractivity contribution in [3.63, 3.8) is 0 Å². The van der Waals surface area contributed by atoms with Gasteiger partial charge >= 0.3 is 0 Å². The molecule has 32 heavy (non-hydrogen) atoms. The van der Waals surface area contributed by atoms with Crippen LogP contribution in [0.5, 0.6) is 0 Å². The van der Waals surface area contributed by atoms with E-state index in [9.17, 15) is 9.59 Å². The number of hydrogen-bond donors (Lipinski definition) is 0. The highest BCUT2D eigenvalue weighted by Crippen LogP contribution is 2.42. The fourth-order valence-electron chi connectivity index (χ4n) is 5.32. The molecule has 6 heteroatoms. The number of nitrogens with zero attached hydrogens (tertiary/aromatic N) is 3. The lowest BCUT2D eigenvalue weighted by atomic mass is 9.79. The number of aromatic nitrogens is 1. The number of likely N-dealkylation sites (N-methyl/N-ethyl adjacent to an activating group) is 1. The highest BCUT2D eigenvalue weighted by atomic mass is 16.3. The molecule has 1 aliphatic heterocycles. The topological polar surface area (TPSA) is 58.7 Å². The molecule has 0 spiro atoms. The van der Waals surface area contributed by atoms with E-state index >= 15 is 0 Å². The highest BCUT2D eigenvalue weighted by molar-refractivity contribution is 6.06. The van der Waals surface area contributed by atoms with Gasteiger partial charge in [0.2, 0.25) is 5.91 Å². The van der Waals surface area contributed by atoms with Gasteiger partial charge in [0.25, 0.3) is 5.91 Å². The van der Waals surface area contributed by atoms with Crippen LogP contribution in [0, 0.1) is 12.8 Å². The fraction of sp³-hybridized carbons (Fsp3) is 0.385. The number of furan rings is 1. The molecule has 0 radical (unpaired) electrons. The van der Waals surface area contributed by atoms with Gasteiger partial charge in [0.1, 0.15) is 5.76 Å². The van der Waals surface area contributed by atoms with E-state index < -0.39 is 0 Å². The maximum Gasteiger partial charge on any atom is 0.298 e. The van der Waals surface area contributed by atoms with E-state index in [2.05, 4.69) is 24.1 Å². The molecule has 0 unspecified atom stereocenters. The Balaban J connectivity index is 1.61. The monoisotopic (exact) mass is 431 g/mol. The van der Waals surface area contributed by atoms with Crippen molar-refractivity contribution in [3.8, 4) is 0 Å². The van der Waals surface area contributed by atoms with Crippen LogP contribution in [0.3, 0.4) is 0 Å². The molecule has 166 valence electrons. The summed E-state index contributed by atoms with van der Waals surface area (Å²) in [6.45, 7) is 8.04. The molecule has 1 aliphatic carbocycles. The van der Waals surface area contributed by atoms with Crippen LogP contribution in [0.4, 0.5) is 0 Å². The molecular weight excluding hydrogens is 402 g/mol. The van der Waals surface area contributed by atoms with Gasteiger partial charge in [-0.2, -0.15) is 0 Å². The Morgan fingerprint density at radius 3 is 2.62 bits per heavy atom. The van der Waals surface area contributed by atoms with Crippen molar-refractivity contribution in [2.45, 2.75) is 33.2 Å². The Bertz CT molecular complexity index is 1240. The third-order valence-electron chi connectivity index (χ3n) is 6.95. The van der Waals surface area contributed by atoms with Crippen LogP contribution < -0.4 is 0 Å². The van der Waals surface area contributed by atoms with E-state index in [1.54, 1.807) is 10.6 Å². The first-order valence-corrected chi connectivity index (χ1v) is 11.4. The van der Waals surface area contributed by atoms with Crippen molar-refractivity contribution in [2.24, 2.45) is 5.92 Å². The molecule has 1 amide bonds. The summed E-state index contributed by atoms with van der Waals surface area (Å²) in [5.74, 6) is 0.934. The van der Waals surface area contributed by atoms with Crippen LogP contribution in [-0.4, -0.2) is 58.9 Å². The number of amides is 1. The maximum absolute atomic E-state index is 13.2. The minimum atomic E-state index is -0.159. The van der Waals surface area contributed by atoms with Gasteiger partial charge < -0.3 is 9.32 Å². The maximum atomic E-state index is 13.2. The summed E-state index contributed by atoms with van der Waals surface area (Å²) in [6, 6.07) is 9.84. The molecule has 5 rings (SSSR count). The summed E-state index contributed by atoms with van der Waals surface area (Å²) in [4.78, 5) is 30.5. The first-order valence-electron chi connectivity index (χ1n) is 11.4. The third-order valence-corrected chi connectivity index (χ3v) is 6.95. The normalized spacial score (nSPS) is 20.2. The van der Waals surface area contributed by atoms with Gasteiger partial charge in [-0.05, 0) is 69.1 Å². The first-order chi connectivity index (χ1) is 15.4. The van der Waals surface area contributed by atoms with Gasteiger partial charge in [-0.15, -0.1) is 0 Å². The second-order valence-electron chi connectivity index (χ2n) is 8.84. The summed E-state index contributed by atoms with van der Waals surface area (Å²) in [7, 11) is 2.10. The van der Waals surface area contributed by atoms with E-state index in [1.165, 1.54) is 5.57 Å². The van der Waals surface area contributed by atoms with E-state index in [-0.39, 0.29) is 23.8 Å². The Hall–Kier alpha value is -3.12. The van der Waals surface area contributed by atoms with Crippen LogP contribution in [0.2, 0.25) is 0 Å². The van der Waals surface area contributed by atoms with Crippen LogP contribution in [0.15, 0.2) is 47.0 Å². The standard InChI is InChI=1S/C26H29N3O3/c1-5-28(6-2)25(30)18-12-20-19-8-7-9-21-24(19)17(13-22(20)27(4)14-18)15-29(21)26(31)23-11-10-16(3)32-23/h7-12,15,18,22H,5-6,13-14H2,1-4H3/t18-,22-/m1/s1. The lowest BCUT2D eigenvalue weighted by Gasteiger charge is -2.40. The molecule has 1 aromatic carbocycles. The minimum Gasteiger partial charge on any atom is -0.456 e. The molecule has 3 aromatic rings. The van der Waals surface area contributed by atoms with E-state index in [4.69, 9.17) is 4.42 Å². The quantitative estimate of drug-likeness (QED) is 0.627. The van der Waals surface area contributed by atoms with Gasteiger partial charge in [0, 0.05) is 37.3 Å². The van der Waals surface area contributed by atoms with E-state index in [0.29, 0.717) is 12.3 Å². The SMILES string of the molecule is CCN(CC)C(=O)[C@@H]1C=C2c3cccc4c3c(cn4C(=O)c3ccc(C)o3)C[C@H]2N(C)C1. The average Bonchev–Trinajstić information content (AvgIpc) is 3.39. The summed E-state index contributed by atoms with van der Waals surface area (Å²) in [5.41, 5.74) is 4.37. The third kappa shape index (κ3) is 3.13. The molecule has 3 heterocycles. The lowest BCUT2D eigenvalue weighted by molar-refractivity contribution is -0.134. The smallest absolute Gasteiger partial charge is 0.298 e. The van der Waals surface area contributed by atoms with Crippen molar-refractivity contribution < 1.29 is 14.0 Å². The summed E-state index contributed by atoms with van der Waals surface area (Å²) in [5, 5.41) is 1.11. The number of carbonyl (C=O) groups is 2. The molecule has 0 saturated heterocycles. The Kier molecular flexibility index (Phi) is 5.05. The number of hydrogen-bond acceptors (Lipinski definition) is 4. The fourth-order valence-corrected chi connectivity index (χ4v) is 5.32. The minimum absolute atomic E-state index is 0.155. The Morgan fingerprint density at radius 2 is 1.94 bits per heavy atom. The Labute approximate surface area is 188 Å². The van der Waals surface area contributed by atoms with Gasteiger partial charge in [-0.25, -0.2) is 0 Å². The molecule has 0 fully saturated rings. The van der Waals surface area contributed by atoms with Crippen LogP contribution in [0.1, 0.15) is 41.3 Å². The van der Waals surface area contributed by atoms with Crippen molar-refractivity contribution in [1.82, 2.24) is 14.4 Å². The molecule has 0 bridgehead atoms. The summed E-state index contributed by atoms with van der Waals surface area (Å²) >= 11 is 0. The molecule has 2 aliphatic rings. The zero-order valence-electron chi connectivity index (χ0n) is 19.1. The summed E-state index contributed by atoms with van der Waals surface area (Å²) < 4.78 is 7.31. The molecule has 0 N–H and O–H groups in total. The van der Waals surface area contributed by atoms with Gasteiger partial charge in [0.05, 0.1) is 11.4 Å². The number of fused-ring (bicyclic) bond motifs is 2. The van der Waals surface area contributed by atoms with E-state index in [1.807, 2.05) is 50.1 Å². The predicted molar refractivity (Wildman–Crippen MR) is 125 cm³/mol. The van der Waals surface area contributed by atoms with Crippen LogP contribution >= 0.6 is 0 Å². The Morgan fingerprint density at radius 1 is 1.16 bits per heavy atom. The van der Waals surface area contributed by atoms with E-state index in [0.717, 1.165) is 47.3 Å². The zero-order chi connectivity index (χ0) is 22.6. The molecule has 2 atom stereocenters. The van der Waals surface area contributed by atoms with Crippen molar-refractivity contribution in [1.29, 1.82) is 0 Å². The highest BCUT2D eigenvalue weighted by Gasteiger charge is 2.37. The van der Waals surface area contributed by atoms with Crippen molar-refractivity contribution >= 4 is 28.3 Å². The molecule has 6 nitrogen and oxygen atoms in total. The zero-order valence-corrected chi connectivity index (χ0v) is 19.1. The molecular formula is C26H29N3O3. The number of rotatable bonds is 4. The molecule has 2 aromatic heterocycles. The van der Waals surface area contributed by atoms with Gasteiger partial charge in [-0.1, -0.05) is 18.2 Å². The lowest BCUT2D eigenvalue weighted by Crippen LogP contribution is -2.47. The second kappa shape index (κ2) is 7.78. The van der Waals surface area contributed by atoms with Crippen LogP contribution in [0.25, 0.3) is 16.5 Å². The van der Waals surface area contributed by atoms with Crippen molar-refractivity contribution in [3.05, 3.63) is 65.3 Å². The van der Waals surface area contributed by atoms with Gasteiger partial charge in [0.15, 0.2) is 5.76 Å². The average molecular weight is 432 g/mol.